The van der Waals surface area contributed by atoms with Gasteiger partial charge >= 0.3 is 6.18 Å². The Morgan fingerprint density at radius 1 is 1.47 bits per heavy atom. The summed E-state index contributed by atoms with van der Waals surface area (Å²) in [6.45, 7) is 2.61. The molecule has 0 amide bonds. The van der Waals surface area contributed by atoms with Crippen LogP contribution < -0.4 is 4.90 Å². The molecule has 2 heterocycles. The Labute approximate surface area is 109 Å². The first-order valence-corrected chi connectivity index (χ1v) is 6.16. The van der Waals surface area contributed by atoms with E-state index in [1.807, 2.05) is 0 Å². The number of hydrogen-bond donors (Lipinski definition) is 0. The van der Waals surface area contributed by atoms with Crippen molar-refractivity contribution in [3.63, 3.8) is 0 Å². The van der Waals surface area contributed by atoms with Crippen LogP contribution in [-0.2, 0) is 11.0 Å². The van der Waals surface area contributed by atoms with Crippen LogP contribution in [0, 0.1) is 5.92 Å². The van der Waals surface area contributed by atoms with Gasteiger partial charge in [-0.2, -0.15) is 13.2 Å². The molecule has 2 rings (SSSR count). The highest BCUT2D eigenvalue weighted by Gasteiger charge is 2.32. The minimum atomic E-state index is -4.37. The van der Waals surface area contributed by atoms with Crippen molar-refractivity contribution in [3.8, 4) is 0 Å². The van der Waals surface area contributed by atoms with Crippen LogP contribution in [0.25, 0.3) is 0 Å². The highest BCUT2D eigenvalue weighted by molar-refractivity contribution is 5.79. The fourth-order valence-corrected chi connectivity index (χ4v) is 2.28. The van der Waals surface area contributed by atoms with Crippen molar-refractivity contribution in [1.29, 1.82) is 0 Å². The number of ketones is 1. The average Bonchev–Trinajstić information content (AvgIpc) is 2.38. The molecule has 1 aliphatic heterocycles. The molecule has 0 radical (unpaired) electrons. The van der Waals surface area contributed by atoms with Gasteiger partial charge in [-0.3, -0.25) is 4.79 Å². The van der Waals surface area contributed by atoms with Crippen LogP contribution >= 0.6 is 0 Å². The van der Waals surface area contributed by atoms with Gasteiger partial charge in [0.05, 0.1) is 5.56 Å². The summed E-state index contributed by atoms with van der Waals surface area (Å²) in [5, 5.41) is 0. The summed E-state index contributed by atoms with van der Waals surface area (Å²) in [7, 11) is 0. The van der Waals surface area contributed by atoms with E-state index in [4.69, 9.17) is 0 Å². The molecule has 0 spiro atoms. The lowest BCUT2D eigenvalue weighted by molar-refractivity contribution is -0.137. The lowest BCUT2D eigenvalue weighted by atomic mass is 9.94. The van der Waals surface area contributed by atoms with E-state index in [1.54, 1.807) is 4.90 Å². The number of nitrogens with zero attached hydrogens (tertiary/aromatic N) is 2. The van der Waals surface area contributed by atoms with Crippen molar-refractivity contribution >= 4 is 11.6 Å². The fraction of sp³-hybridized carbons (Fsp3) is 0.538. The van der Waals surface area contributed by atoms with Gasteiger partial charge in [0.1, 0.15) is 11.6 Å². The number of aromatic nitrogens is 1. The maximum absolute atomic E-state index is 12.6. The maximum Gasteiger partial charge on any atom is 0.416 e. The van der Waals surface area contributed by atoms with Crippen molar-refractivity contribution in [2.45, 2.75) is 25.9 Å². The van der Waals surface area contributed by atoms with Crippen LogP contribution in [0.5, 0.6) is 0 Å². The van der Waals surface area contributed by atoms with Gasteiger partial charge in [-0.05, 0) is 31.9 Å². The number of piperidine rings is 1. The largest absolute Gasteiger partial charge is 0.416 e. The summed E-state index contributed by atoms with van der Waals surface area (Å²) >= 11 is 0. The molecule has 19 heavy (non-hydrogen) atoms. The number of pyridine rings is 1. The van der Waals surface area contributed by atoms with Crippen LogP contribution in [0.3, 0.4) is 0 Å². The second-order valence-electron chi connectivity index (χ2n) is 4.80. The second kappa shape index (κ2) is 5.19. The molecule has 0 saturated carbocycles. The molecular weight excluding hydrogens is 257 g/mol. The molecule has 1 aromatic heterocycles. The summed E-state index contributed by atoms with van der Waals surface area (Å²) in [4.78, 5) is 17.1. The molecule has 0 N–H and O–H groups in total. The molecule has 6 heteroatoms. The zero-order chi connectivity index (χ0) is 14.0. The lowest BCUT2D eigenvalue weighted by Crippen LogP contribution is -2.38. The van der Waals surface area contributed by atoms with E-state index in [0.717, 1.165) is 31.2 Å². The number of carbonyl (C=O) groups is 1. The van der Waals surface area contributed by atoms with E-state index in [2.05, 4.69) is 4.98 Å². The first-order valence-electron chi connectivity index (χ1n) is 6.16. The number of carbonyl (C=O) groups excluding carboxylic acids is 1. The molecule has 1 fully saturated rings. The van der Waals surface area contributed by atoms with Crippen molar-refractivity contribution in [2.75, 3.05) is 18.0 Å². The van der Waals surface area contributed by atoms with Crippen molar-refractivity contribution in [3.05, 3.63) is 23.9 Å². The van der Waals surface area contributed by atoms with Crippen molar-refractivity contribution in [2.24, 2.45) is 5.92 Å². The monoisotopic (exact) mass is 272 g/mol. The molecular formula is C13H15F3N2O. The summed E-state index contributed by atoms with van der Waals surface area (Å²) in [5.41, 5.74) is -0.706. The predicted molar refractivity (Wildman–Crippen MR) is 64.9 cm³/mol. The van der Waals surface area contributed by atoms with Crippen LogP contribution in [0.1, 0.15) is 25.3 Å². The third-order valence-electron chi connectivity index (χ3n) is 3.39. The number of hydrogen-bond acceptors (Lipinski definition) is 3. The summed E-state index contributed by atoms with van der Waals surface area (Å²) in [6.07, 6.45) is -1.62. The summed E-state index contributed by atoms with van der Waals surface area (Å²) in [6, 6.07) is 2.00. The number of rotatable bonds is 2. The highest BCUT2D eigenvalue weighted by Crippen LogP contribution is 2.31. The minimum Gasteiger partial charge on any atom is -0.356 e. The van der Waals surface area contributed by atoms with Crippen LogP contribution in [0.2, 0.25) is 0 Å². The Bertz CT molecular complexity index is 473. The molecule has 0 aromatic carbocycles. The molecule has 1 aliphatic rings. The Morgan fingerprint density at radius 3 is 2.84 bits per heavy atom. The first kappa shape index (κ1) is 13.8. The summed E-state index contributed by atoms with van der Waals surface area (Å²) < 4.78 is 37.9. The maximum atomic E-state index is 12.6. The number of alkyl halides is 3. The van der Waals surface area contributed by atoms with Gasteiger partial charge < -0.3 is 4.90 Å². The Balaban J connectivity index is 2.20. The number of halogens is 3. The average molecular weight is 272 g/mol. The highest BCUT2D eigenvalue weighted by atomic mass is 19.4. The third-order valence-corrected chi connectivity index (χ3v) is 3.39. The zero-order valence-corrected chi connectivity index (χ0v) is 10.6. The lowest BCUT2D eigenvalue weighted by Gasteiger charge is -2.32. The Kier molecular flexibility index (Phi) is 3.78. The fourth-order valence-electron chi connectivity index (χ4n) is 2.28. The molecule has 0 bridgehead atoms. The van der Waals surface area contributed by atoms with Crippen LogP contribution in [0.15, 0.2) is 18.3 Å². The summed E-state index contributed by atoms with van der Waals surface area (Å²) in [5.74, 6) is 0.266. The van der Waals surface area contributed by atoms with E-state index in [0.29, 0.717) is 18.9 Å². The SMILES string of the molecule is CC(=O)C1CCCN(c2cc(C(F)(F)F)ccn2)C1. The molecule has 1 atom stereocenters. The van der Waals surface area contributed by atoms with Crippen molar-refractivity contribution < 1.29 is 18.0 Å². The van der Waals surface area contributed by atoms with Gasteiger partial charge in [-0.15, -0.1) is 0 Å². The van der Waals surface area contributed by atoms with E-state index in [1.165, 1.54) is 6.92 Å². The normalized spacial score (nSPS) is 20.4. The van der Waals surface area contributed by atoms with E-state index in [9.17, 15) is 18.0 Å². The van der Waals surface area contributed by atoms with Gasteiger partial charge in [0, 0.05) is 25.2 Å². The van der Waals surface area contributed by atoms with E-state index < -0.39 is 11.7 Å². The first-order chi connectivity index (χ1) is 8.88. The predicted octanol–water partition coefficient (Wildman–Crippen LogP) is 2.91. The number of anilines is 1. The third kappa shape index (κ3) is 3.24. The Hall–Kier alpha value is -1.59. The quantitative estimate of drug-likeness (QED) is 0.830. The Morgan fingerprint density at radius 2 is 2.21 bits per heavy atom. The number of Topliss-reactive ketones (excluding diaryl/α,β-unsaturated/α-hetero) is 1. The zero-order valence-electron chi connectivity index (χ0n) is 10.6. The van der Waals surface area contributed by atoms with Crippen LogP contribution in [0.4, 0.5) is 19.0 Å². The second-order valence-corrected chi connectivity index (χ2v) is 4.80. The van der Waals surface area contributed by atoms with E-state index >= 15 is 0 Å². The van der Waals surface area contributed by atoms with Gasteiger partial charge in [-0.25, -0.2) is 4.98 Å². The molecule has 1 unspecified atom stereocenters. The topological polar surface area (TPSA) is 33.2 Å². The molecule has 3 nitrogen and oxygen atoms in total. The standard InChI is InChI=1S/C13H15F3N2O/c1-9(19)10-3-2-6-18(8-10)12-7-11(4-5-17-12)13(14,15)16/h4-5,7,10H,2-3,6,8H2,1H3. The van der Waals surface area contributed by atoms with Gasteiger partial charge in [0.15, 0.2) is 0 Å². The van der Waals surface area contributed by atoms with Crippen molar-refractivity contribution in [1.82, 2.24) is 4.98 Å². The van der Waals surface area contributed by atoms with Crippen LogP contribution in [-0.4, -0.2) is 23.9 Å². The van der Waals surface area contributed by atoms with Gasteiger partial charge in [-0.1, -0.05) is 0 Å². The smallest absolute Gasteiger partial charge is 0.356 e. The molecule has 1 aromatic rings. The van der Waals surface area contributed by atoms with E-state index in [-0.39, 0.29) is 11.7 Å². The molecule has 1 saturated heterocycles. The molecule has 0 aliphatic carbocycles. The van der Waals surface area contributed by atoms with Gasteiger partial charge in [0.25, 0.3) is 0 Å². The van der Waals surface area contributed by atoms with Gasteiger partial charge in [0.2, 0.25) is 0 Å². The molecule has 104 valence electrons. The minimum absolute atomic E-state index is 0.0803.